The summed E-state index contributed by atoms with van der Waals surface area (Å²) in [6.45, 7) is 4.43. The van der Waals surface area contributed by atoms with E-state index < -0.39 is 0 Å². The van der Waals surface area contributed by atoms with Gasteiger partial charge in [-0.1, -0.05) is 37.6 Å². The molecule has 3 aliphatic heterocycles. The van der Waals surface area contributed by atoms with Gasteiger partial charge in [0.1, 0.15) is 0 Å². The Morgan fingerprint density at radius 2 is 2.08 bits per heavy atom. The predicted molar refractivity (Wildman–Crippen MR) is 90.6 cm³/mol. The monoisotopic (exact) mass is 328 g/mol. The van der Waals surface area contributed by atoms with E-state index in [1.165, 1.54) is 11.1 Å². The van der Waals surface area contributed by atoms with Crippen molar-refractivity contribution in [3.63, 3.8) is 0 Å². The first-order chi connectivity index (χ1) is 11.7. The highest BCUT2D eigenvalue weighted by Crippen LogP contribution is 2.44. The molecule has 5 heteroatoms. The Hall–Kier alpha value is -1.88. The number of aliphatic imine (C=N–C) groups is 1. The number of unbranched alkanes of at least 4 members (excludes halogenated alkanes) is 1. The van der Waals surface area contributed by atoms with Gasteiger partial charge in [-0.25, -0.2) is 0 Å². The molecular formula is C19H24N2O3. The molecule has 0 aromatic heterocycles. The van der Waals surface area contributed by atoms with Crippen molar-refractivity contribution in [1.29, 1.82) is 0 Å². The molecule has 128 valence electrons. The number of amidine groups is 1. The molecule has 4 rings (SSSR count). The van der Waals surface area contributed by atoms with E-state index in [1.54, 1.807) is 0 Å². The normalized spacial score (nSPS) is 24.9. The maximum atomic E-state index is 12.0. The van der Waals surface area contributed by atoms with Gasteiger partial charge in [0.15, 0.2) is 6.10 Å². The Morgan fingerprint density at radius 1 is 1.29 bits per heavy atom. The van der Waals surface area contributed by atoms with E-state index >= 15 is 0 Å². The average Bonchev–Trinajstić information content (AvgIpc) is 3.16. The molecule has 1 unspecified atom stereocenters. The Bertz CT molecular complexity index is 662. The lowest BCUT2D eigenvalue weighted by Crippen LogP contribution is -2.45. The number of likely N-dealkylation sites (tertiary alicyclic amines) is 1. The van der Waals surface area contributed by atoms with E-state index in [2.05, 4.69) is 41.1 Å². The third-order valence-electron chi connectivity index (χ3n) is 5.40. The minimum atomic E-state index is -0.376. The summed E-state index contributed by atoms with van der Waals surface area (Å²) >= 11 is 0. The second kappa shape index (κ2) is 6.20. The summed E-state index contributed by atoms with van der Waals surface area (Å²) in [5, 5.41) is 0. The van der Waals surface area contributed by atoms with Crippen molar-refractivity contribution < 1.29 is 14.3 Å². The highest BCUT2D eigenvalue weighted by atomic mass is 16.5. The van der Waals surface area contributed by atoms with Crippen LogP contribution in [-0.4, -0.2) is 36.0 Å². The van der Waals surface area contributed by atoms with Gasteiger partial charge < -0.3 is 14.4 Å². The summed E-state index contributed by atoms with van der Waals surface area (Å²) in [5.41, 5.74) is 2.46. The highest BCUT2D eigenvalue weighted by Gasteiger charge is 2.44. The lowest BCUT2D eigenvalue weighted by atomic mass is 9.84. The number of amides is 1. The third-order valence-corrected chi connectivity index (χ3v) is 5.40. The zero-order chi connectivity index (χ0) is 16.6. The van der Waals surface area contributed by atoms with Gasteiger partial charge >= 0.3 is 0 Å². The molecule has 0 N–H and O–H groups in total. The maximum Gasteiger partial charge on any atom is 0.296 e. The molecule has 0 saturated carbocycles. The number of fused-ring (bicyclic) bond motifs is 2. The zero-order valence-electron chi connectivity index (χ0n) is 14.2. The summed E-state index contributed by atoms with van der Waals surface area (Å²) in [6.07, 6.45) is 4.24. The zero-order valence-corrected chi connectivity index (χ0v) is 14.2. The second-order valence-corrected chi connectivity index (χ2v) is 6.91. The maximum absolute atomic E-state index is 12.0. The largest absolute Gasteiger partial charge is 0.451 e. The number of ether oxygens (including phenoxy) is 2. The first-order valence-electron chi connectivity index (χ1n) is 8.98. The van der Waals surface area contributed by atoms with Crippen LogP contribution in [0.5, 0.6) is 0 Å². The van der Waals surface area contributed by atoms with Crippen LogP contribution in [0.1, 0.15) is 50.2 Å². The molecule has 1 fully saturated rings. The second-order valence-electron chi connectivity index (χ2n) is 6.91. The van der Waals surface area contributed by atoms with Crippen LogP contribution < -0.4 is 0 Å². The molecule has 1 aromatic carbocycles. The summed E-state index contributed by atoms with van der Waals surface area (Å²) in [6, 6.07) is 9.01. The Balaban J connectivity index is 1.41. The smallest absolute Gasteiger partial charge is 0.296 e. The van der Waals surface area contributed by atoms with Crippen LogP contribution in [0.3, 0.4) is 0 Å². The lowest BCUT2D eigenvalue weighted by molar-refractivity contribution is -0.123. The molecule has 0 radical (unpaired) electrons. The number of carbonyl (C=O) groups excluding carboxylic acids is 1. The van der Waals surface area contributed by atoms with Gasteiger partial charge in [0, 0.05) is 13.1 Å². The van der Waals surface area contributed by atoms with Gasteiger partial charge in [-0.2, -0.15) is 4.99 Å². The van der Waals surface area contributed by atoms with E-state index in [-0.39, 0.29) is 17.6 Å². The van der Waals surface area contributed by atoms with Gasteiger partial charge in [0.2, 0.25) is 0 Å². The fourth-order valence-electron chi connectivity index (χ4n) is 3.94. The number of hydrogen-bond acceptors (Lipinski definition) is 4. The Labute approximate surface area is 142 Å². The molecule has 3 heterocycles. The summed E-state index contributed by atoms with van der Waals surface area (Å²) in [4.78, 5) is 18.2. The lowest BCUT2D eigenvalue weighted by Gasteiger charge is -2.39. The summed E-state index contributed by atoms with van der Waals surface area (Å²) in [7, 11) is 0. The van der Waals surface area contributed by atoms with Crippen LogP contribution in [0.2, 0.25) is 0 Å². The van der Waals surface area contributed by atoms with Gasteiger partial charge in [-0.05, 0) is 36.8 Å². The SMILES string of the molecule is CCCCC1OC(N2CCC3(CC2)OCc2ccccc23)=NC1=O. The van der Waals surface area contributed by atoms with Crippen LogP contribution >= 0.6 is 0 Å². The first-order valence-corrected chi connectivity index (χ1v) is 8.98. The minimum absolute atomic E-state index is 0.124. The van der Waals surface area contributed by atoms with E-state index in [0.29, 0.717) is 12.6 Å². The van der Waals surface area contributed by atoms with E-state index in [9.17, 15) is 4.79 Å². The molecule has 24 heavy (non-hydrogen) atoms. The first kappa shape index (κ1) is 15.6. The van der Waals surface area contributed by atoms with Crippen LogP contribution in [0.25, 0.3) is 0 Å². The Morgan fingerprint density at radius 3 is 2.88 bits per heavy atom. The fraction of sp³-hybridized carbons (Fsp3) is 0.579. The summed E-state index contributed by atoms with van der Waals surface area (Å²) in [5.74, 6) is -0.124. The van der Waals surface area contributed by atoms with E-state index in [4.69, 9.17) is 9.47 Å². The van der Waals surface area contributed by atoms with Crippen LogP contribution in [-0.2, 0) is 26.5 Å². The van der Waals surface area contributed by atoms with Gasteiger partial charge in [-0.15, -0.1) is 0 Å². The van der Waals surface area contributed by atoms with Crippen molar-refractivity contribution in [1.82, 2.24) is 4.90 Å². The van der Waals surface area contributed by atoms with E-state index in [1.807, 2.05) is 0 Å². The van der Waals surface area contributed by atoms with Crippen LogP contribution in [0, 0.1) is 0 Å². The van der Waals surface area contributed by atoms with Crippen molar-refractivity contribution in [2.45, 2.75) is 57.3 Å². The molecule has 0 aliphatic carbocycles. The molecule has 1 atom stereocenters. The molecular weight excluding hydrogens is 304 g/mol. The molecule has 1 saturated heterocycles. The molecule has 1 aromatic rings. The predicted octanol–water partition coefficient (Wildman–Crippen LogP) is 2.98. The third kappa shape index (κ3) is 2.61. The minimum Gasteiger partial charge on any atom is -0.451 e. The average molecular weight is 328 g/mol. The standard InChI is InChI=1S/C19H24N2O3/c1-2-3-8-16-17(22)20-18(24-16)21-11-9-19(10-12-21)15-7-5-4-6-14(15)13-23-19/h4-7,16H,2-3,8-13H2,1H3. The number of nitrogens with zero attached hydrogens (tertiary/aromatic N) is 2. The quantitative estimate of drug-likeness (QED) is 0.856. The summed E-state index contributed by atoms with van der Waals surface area (Å²) < 4.78 is 12.0. The number of piperidine rings is 1. The van der Waals surface area contributed by atoms with Crippen LogP contribution in [0.15, 0.2) is 29.3 Å². The number of carbonyl (C=O) groups is 1. The van der Waals surface area contributed by atoms with Crippen molar-refractivity contribution in [3.8, 4) is 0 Å². The molecule has 0 bridgehead atoms. The fourth-order valence-corrected chi connectivity index (χ4v) is 3.94. The van der Waals surface area contributed by atoms with Gasteiger partial charge in [0.05, 0.1) is 12.2 Å². The molecule has 1 amide bonds. The topological polar surface area (TPSA) is 51.1 Å². The number of benzene rings is 1. The van der Waals surface area contributed by atoms with Gasteiger partial charge in [0.25, 0.3) is 11.9 Å². The number of rotatable bonds is 3. The van der Waals surface area contributed by atoms with Crippen molar-refractivity contribution in [2.24, 2.45) is 4.99 Å². The van der Waals surface area contributed by atoms with Crippen molar-refractivity contribution in [3.05, 3.63) is 35.4 Å². The van der Waals surface area contributed by atoms with Crippen molar-refractivity contribution >= 4 is 11.9 Å². The highest BCUT2D eigenvalue weighted by molar-refractivity contribution is 5.98. The Kier molecular flexibility index (Phi) is 4.04. The van der Waals surface area contributed by atoms with E-state index in [0.717, 1.165) is 45.2 Å². The number of hydrogen-bond donors (Lipinski definition) is 0. The van der Waals surface area contributed by atoms with Crippen molar-refractivity contribution in [2.75, 3.05) is 13.1 Å². The molecule has 5 nitrogen and oxygen atoms in total. The van der Waals surface area contributed by atoms with Gasteiger partial charge in [-0.3, -0.25) is 4.79 Å². The van der Waals surface area contributed by atoms with Crippen LogP contribution in [0.4, 0.5) is 0 Å². The molecule has 3 aliphatic rings. The molecule has 1 spiro atoms.